The molecule has 2 aromatic rings. The molecule has 9 nitrogen and oxygen atoms in total. The number of para-hydroxylation sites is 1. The van der Waals surface area contributed by atoms with E-state index in [1.807, 2.05) is 0 Å². The molecule has 0 atom stereocenters. The van der Waals surface area contributed by atoms with E-state index in [0.29, 0.717) is 30.1 Å². The summed E-state index contributed by atoms with van der Waals surface area (Å²) >= 11 is 0. The minimum atomic E-state index is -3.80. The Bertz CT molecular complexity index is 1140. The van der Waals surface area contributed by atoms with Gasteiger partial charge in [-0.25, -0.2) is 13.2 Å². The van der Waals surface area contributed by atoms with Crippen molar-refractivity contribution in [1.82, 2.24) is 4.31 Å². The van der Waals surface area contributed by atoms with Crippen molar-refractivity contribution in [3.05, 3.63) is 59.7 Å². The number of hydrogen-bond donors (Lipinski definition) is 0. The zero-order chi connectivity index (χ0) is 23.8. The highest BCUT2D eigenvalue weighted by Crippen LogP contribution is 2.29. The summed E-state index contributed by atoms with van der Waals surface area (Å²) in [6, 6.07) is 11.2. The van der Waals surface area contributed by atoms with Crippen LogP contribution >= 0.6 is 0 Å². The van der Waals surface area contributed by atoms with Gasteiger partial charge in [0, 0.05) is 19.2 Å². The third kappa shape index (κ3) is 5.98. The van der Waals surface area contributed by atoms with Crippen LogP contribution in [-0.4, -0.2) is 71.6 Å². The molecule has 0 N–H and O–H groups in total. The Hall–Kier alpha value is -3.21. The summed E-state index contributed by atoms with van der Waals surface area (Å²) in [5.41, 5.74) is 0.764. The molecule has 3 rings (SSSR count). The fourth-order valence-electron chi connectivity index (χ4n) is 3.23. The van der Waals surface area contributed by atoms with Crippen molar-refractivity contribution in [2.75, 3.05) is 47.1 Å². The molecule has 0 saturated carbocycles. The van der Waals surface area contributed by atoms with Crippen LogP contribution in [0.15, 0.2) is 53.4 Å². The van der Waals surface area contributed by atoms with E-state index in [0.717, 1.165) is 6.08 Å². The van der Waals surface area contributed by atoms with E-state index >= 15 is 0 Å². The van der Waals surface area contributed by atoms with E-state index in [-0.39, 0.29) is 23.7 Å². The zero-order valence-corrected chi connectivity index (χ0v) is 19.2. The average Bonchev–Trinajstić information content (AvgIpc) is 2.86. The molecule has 0 unspecified atom stereocenters. The van der Waals surface area contributed by atoms with Gasteiger partial charge in [-0.2, -0.15) is 4.31 Å². The second kappa shape index (κ2) is 11.1. The predicted molar refractivity (Wildman–Crippen MR) is 120 cm³/mol. The van der Waals surface area contributed by atoms with Gasteiger partial charge < -0.3 is 18.9 Å². The quantitative estimate of drug-likeness (QED) is 0.308. The molecule has 33 heavy (non-hydrogen) atoms. The molecule has 2 aromatic carbocycles. The van der Waals surface area contributed by atoms with E-state index < -0.39 is 28.4 Å². The highest BCUT2D eigenvalue weighted by molar-refractivity contribution is 7.89. The highest BCUT2D eigenvalue weighted by atomic mass is 32.2. The van der Waals surface area contributed by atoms with Gasteiger partial charge in [0.25, 0.3) is 0 Å². The van der Waals surface area contributed by atoms with Crippen LogP contribution in [0.4, 0.5) is 0 Å². The molecule has 1 aliphatic rings. The smallest absolute Gasteiger partial charge is 0.331 e. The second-order valence-corrected chi connectivity index (χ2v) is 8.90. The van der Waals surface area contributed by atoms with Crippen LogP contribution in [-0.2, 0) is 24.3 Å². The summed E-state index contributed by atoms with van der Waals surface area (Å²) < 4.78 is 48.0. The summed E-state index contributed by atoms with van der Waals surface area (Å²) in [6.45, 7) is 0.681. The fourth-order valence-corrected chi connectivity index (χ4v) is 4.82. The number of ether oxygens (including phenoxy) is 4. The van der Waals surface area contributed by atoms with Gasteiger partial charge in [0.05, 0.1) is 33.0 Å². The number of rotatable bonds is 9. The Labute approximate surface area is 192 Å². The van der Waals surface area contributed by atoms with Gasteiger partial charge in [-0.05, 0) is 35.9 Å². The largest absolute Gasteiger partial charge is 0.496 e. The molecule has 0 radical (unpaired) electrons. The molecule has 0 spiro atoms. The number of morpholine rings is 1. The first-order chi connectivity index (χ1) is 15.9. The Morgan fingerprint density at radius 3 is 2.42 bits per heavy atom. The molecular weight excluding hydrogens is 450 g/mol. The fraction of sp³-hybridized carbons (Fsp3) is 0.304. The number of nitrogens with zero attached hydrogens (tertiary/aromatic N) is 1. The molecule has 0 amide bonds. The summed E-state index contributed by atoms with van der Waals surface area (Å²) in [4.78, 5) is 24.4. The van der Waals surface area contributed by atoms with Gasteiger partial charge in [-0.1, -0.05) is 18.2 Å². The van der Waals surface area contributed by atoms with Crippen molar-refractivity contribution < 1.29 is 37.0 Å². The van der Waals surface area contributed by atoms with E-state index in [2.05, 4.69) is 0 Å². The van der Waals surface area contributed by atoms with Crippen molar-refractivity contribution in [3.63, 3.8) is 0 Å². The minimum absolute atomic E-state index is 0.00577. The lowest BCUT2D eigenvalue weighted by Crippen LogP contribution is -2.40. The number of hydrogen-bond acceptors (Lipinski definition) is 8. The van der Waals surface area contributed by atoms with Crippen molar-refractivity contribution in [1.29, 1.82) is 0 Å². The van der Waals surface area contributed by atoms with Crippen LogP contribution in [0.2, 0.25) is 0 Å². The number of benzene rings is 2. The standard InChI is InChI=1S/C23H25NO8S/c1-29-20-6-4-3-5-18(20)19(25)16-32-23(26)10-8-17-7-9-21(30-2)22(15-17)33(27,28)24-11-13-31-14-12-24/h3-10,15H,11-14,16H2,1-2H3/b10-8+. The van der Waals surface area contributed by atoms with Gasteiger partial charge in [0.1, 0.15) is 16.4 Å². The monoisotopic (exact) mass is 475 g/mol. The minimum Gasteiger partial charge on any atom is -0.496 e. The number of esters is 1. The maximum atomic E-state index is 13.0. The number of Topliss-reactive ketones (excluding diaryl/α,β-unsaturated/α-hetero) is 1. The van der Waals surface area contributed by atoms with Gasteiger partial charge in [0.2, 0.25) is 15.8 Å². The van der Waals surface area contributed by atoms with Crippen LogP contribution in [0, 0.1) is 0 Å². The maximum absolute atomic E-state index is 13.0. The predicted octanol–water partition coefficient (Wildman–Crippen LogP) is 2.16. The topological polar surface area (TPSA) is 108 Å². The summed E-state index contributed by atoms with van der Waals surface area (Å²) in [6.07, 6.45) is 2.54. The first kappa shape index (κ1) is 24.4. The van der Waals surface area contributed by atoms with E-state index in [9.17, 15) is 18.0 Å². The van der Waals surface area contributed by atoms with E-state index in [1.54, 1.807) is 30.3 Å². The molecular formula is C23H25NO8S. The van der Waals surface area contributed by atoms with Crippen LogP contribution in [0.1, 0.15) is 15.9 Å². The zero-order valence-electron chi connectivity index (χ0n) is 18.4. The average molecular weight is 476 g/mol. The van der Waals surface area contributed by atoms with Crippen LogP contribution in [0.3, 0.4) is 0 Å². The Morgan fingerprint density at radius 2 is 1.73 bits per heavy atom. The number of ketones is 1. The summed E-state index contributed by atoms with van der Waals surface area (Å²) in [7, 11) is -0.967. The molecule has 0 bridgehead atoms. The Kier molecular flexibility index (Phi) is 8.21. The van der Waals surface area contributed by atoms with Gasteiger partial charge in [-0.15, -0.1) is 0 Å². The number of carbonyl (C=O) groups excluding carboxylic acids is 2. The second-order valence-electron chi connectivity index (χ2n) is 6.99. The Balaban J connectivity index is 1.70. The molecule has 0 aliphatic carbocycles. The molecule has 10 heteroatoms. The lowest BCUT2D eigenvalue weighted by Gasteiger charge is -2.26. The number of methoxy groups -OCH3 is 2. The third-order valence-corrected chi connectivity index (χ3v) is 6.86. The summed E-state index contributed by atoms with van der Waals surface area (Å²) in [5, 5.41) is 0. The van der Waals surface area contributed by atoms with Crippen molar-refractivity contribution in [2.45, 2.75) is 4.90 Å². The SMILES string of the molecule is COc1ccccc1C(=O)COC(=O)/C=C/c1ccc(OC)c(S(=O)(=O)N2CCOCC2)c1. The van der Waals surface area contributed by atoms with Crippen molar-refractivity contribution in [3.8, 4) is 11.5 Å². The first-order valence-corrected chi connectivity index (χ1v) is 11.6. The Morgan fingerprint density at radius 1 is 1.03 bits per heavy atom. The third-order valence-electron chi connectivity index (χ3n) is 4.94. The van der Waals surface area contributed by atoms with Crippen LogP contribution < -0.4 is 9.47 Å². The molecule has 1 aliphatic heterocycles. The molecule has 1 saturated heterocycles. The first-order valence-electron chi connectivity index (χ1n) is 10.1. The van der Waals surface area contributed by atoms with Gasteiger partial charge in [-0.3, -0.25) is 4.79 Å². The molecule has 1 heterocycles. The van der Waals surface area contributed by atoms with Crippen LogP contribution in [0.5, 0.6) is 11.5 Å². The number of carbonyl (C=O) groups is 2. The normalized spacial score (nSPS) is 14.7. The van der Waals surface area contributed by atoms with Crippen molar-refractivity contribution >= 4 is 27.9 Å². The highest BCUT2D eigenvalue weighted by Gasteiger charge is 2.29. The molecule has 1 fully saturated rings. The van der Waals surface area contributed by atoms with Gasteiger partial charge >= 0.3 is 5.97 Å². The van der Waals surface area contributed by atoms with Crippen molar-refractivity contribution in [2.24, 2.45) is 0 Å². The molecule has 176 valence electrons. The maximum Gasteiger partial charge on any atom is 0.331 e. The van der Waals surface area contributed by atoms with Crippen LogP contribution in [0.25, 0.3) is 6.08 Å². The van der Waals surface area contributed by atoms with Gasteiger partial charge in [0.15, 0.2) is 6.61 Å². The molecule has 0 aromatic heterocycles. The van der Waals surface area contributed by atoms with E-state index in [1.165, 1.54) is 36.7 Å². The lowest BCUT2D eigenvalue weighted by atomic mass is 10.1. The number of sulfonamides is 1. The lowest BCUT2D eigenvalue weighted by molar-refractivity contribution is -0.136. The van der Waals surface area contributed by atoms with E-state index in [4.69, 9.17) is 18.9 Å². The summed E-state index contributed by atoms with van der Waals surface area (Å²) in [5.74, 6) is -0.561.